The van der Waals surface area contributed by atoms with Crippen LogP contribution in [-0.2, 0) is 9.53 Å². The monoisotopic (exact) mass is 266 g/mol. The van der Waals surface area contributed by atoms with Gasteiger partial charge in [0.05, 0.1) is 18.8 Å². The van der Waals surface area contributed by atoms with Gasteiger partial charge in [-0.3, -0.25) is 4.79 Å². The summed E-state index contributed by atoms with van der Waals surface area (Å²) in [6.45, 7) is 2.39. The Labute approximate surface area is 115 Å². The normalized spacial score (nSPS) is 29.2. The molecule has 1 atom stereocenters. The van der Waals surface area contributed by atoms with Gasteiger partial charge in [0.2, 0.25) is 5.91 Å². The van der Waals surface area contributed by atoms with Gasteiger partial charge in [-0.15, -0.1) is 0 Å². The predicted octanol–water partition coefficient (Wildman–Crippen LogP) is 1.69. The molecule has 2 aliphatic carbocycles. The van der Waals surface area contributed by atoms with Crippen LogP contribution in [0.25, 0.3) is 0 Å². The van der Waals surface area contributed by atoms with E-state index in [-0.39, 0.29) is 6.04 Å². The first-order chi connectivity index (χ1) is 9.33. The molecule has 4 nitrogen and oxygen atoms in total. The van der Waals surface area contributed by atoms with Crippen LogP contribution in [0.2, 0.25) is 0 Å². The summed E-state index contributed by atoms with van der Waals surface area (Å²) in [7, 11) is 0. The third kappa shape index (κ3) is 3.69. The van der Waals surface area contributed by atoms with Gasteiger partial charge in [-0.25, -0.2) is 0 Å². The molecule has 4 heteroatoms. The van der Waals surface area contributed by atoms with Gasteiger partial charge in [0.1, 0.15) is 0 Å². The van der Waals surface area contributed by atoms with E-state index in [1.54, 1.807) is 0 Å². The number of hydrogen-bond acceptors (Lipinski definition) is 3. The van der Waals surface area contributed by atoms with Gasteiger partial charge in [-0.2, -0.15) is 0 Å². The molecule has 0 spiro atoms. The predicted molar refractivity (Wildman–Crippen MR) is 74.0 cm³/mol. The third-order valence-electron chi connectivity index (χ3n) is 4.58. The minimum Gasteiger partial charge on any atom is -0.376 e. The Hall–Kier alpha value is -0.610. The van der Waals surface area contributed by atoms with Crippen LogP contribution in [0.15, 0.2) is 0 Å². The van der Waals surface area contributed by atoms with Crippen molar-refractivity contribution in [1.82, 2.24) is 10.2 Å². The minimum atomic E-state index is 0.0854. The van der Waals surface area contributed by atoms with Crippen molar-refractivity contribution in [2.45, 2.75) is 69.6 Å². The molecule has 0 bridgehead atoms. The zero-order chi connectivity index (χ0) is 13.1. The molecule has 1 saturated heterocycles. The number of nitrogens with zero attached hydrogens (tertiary/aromatic N) is 1. The summed E-state index contributed by atoms with van der Waals surface area (Å²) < 4.78 is 5.91. The topological polar surface area (TPSA) is 41.6 Å². The highest BCUT2D eigenvalue weighted by Crippen LogP contribution is 2.23. The molecule has 3 fully saturated rings. The van der Waals surface area contributed by atoms with Crippen LogP contribution in [-0.4, -0.2) is 48.7 Å². The second-order valence-electron chi connectivity index (χ2n) is 6.24. The number of rotatable bonds is 6. The van der Waals surface area contributed by atoms with E-state index in [0.29, 0.717) is 24.7 Å². The van der Waals surface area contributed by atoms with Crippen LogP contribution in [0, 0.1) is 0 Å². The molecule has 1 aliphatic heterocycles. The maximum absolute atomic E-state index is 12.2. The average molecular weight is 266 g/mol. The van der Waals surface area contributed by atoms with Crippen LogP contribution in [0.3, 0.4) is 0 Å². The van der Waals surface area contributed by atoms with Gasteiger partial charge in [0.15, 0.2) is 0 Å². The molecule has 1 unspecified atom stereocenters. The standard InChI is InChI=1S/C15H26N2O2/c18-15-14(16-12-6-7-12)8-9-17(15)10-11-19-13-4-2-1-3-5-13/h12-14,16H,1-11H2. The van der Waals surface area contributed by atoms with Crippen molar-refractivity contribution in [3.8, 4) is 0 Å². The fourth-order valence-corrected chi connectivity index (χ4v) is 3.21. The molecule has 0 radical (unpaired) electrons. The van der Waals surface area contributed by atoms with Crippen LogP contribution < -0.4 is 5.32 Å². The molecule has 2 saturated carbocycles. The van der Waals surface area contributed by atoms with Crippen LogP contribution in [0.1, 0.15) is 51.4 Å². The SMILES string of the molecule is O=C1C(NC2CC2)CCN1CCOC1CCCCC1. The maximum atomic E-state index is 12.2. The zero-order valence-electron chi connectivity index (χ0n) is 11.8. The Morgan fingerprint density at radius 3 is 2.63 bits per heavy atom. The smallest absolute Gasteiger partial charge is 0.239 e. The molecule has 0 aromatic rings. The first-order valence-corrected chi connectivity index (χ1v) is 7.99. The number of likely N-dealkylation sites (tertiary alicyclic amines) is 1. The number of nitrogens with one attached hydrogen (secondary N) is 1. The number of ether oxygens (including phenoxy) is 1. The van der Waals surface area contributed by atoms with Gasteiger partial charge in [0.25, 0.3) is 0 Å². The Morgan fingerprint density at radius 2 is 1.89 bits per heavy atom. The van der Waals surface area contributed by atoms with Crippen molar-refractivity contribution in [2.24, 2.45) is 0 Å². The lowest BCUT2D eigenvalue weighted by molar-refractivity contribution is -0.130. The molecule has 0 aromatic carbocycles. The van der Waals surface area contributed by atoms with Crippen LogP contribution >= 0.6 is 0 Å². The van der Waals surface area contributed by atoms with E-state index >= 15 is 0 Å². The highest BCUT2D eigenvalue weighted by molar-refractivity contribution is 5.84. The molecule has 3 aliphatic rings. The number of hydrogen-bond donors (Lipinski definition) is 1. The fourth-order valence-electron chi connectivity index (χ4n) is 3.21. The van der Waals surface area contributed by atoms with Gasteiger partial charge < -0.3 is 15.0 Å². The van der Waals surface area contributed by atoms with Gasteiger partial charge in [-0.05, 0) is 32.1 Å². The minimum absolute atomic E-state index is 0.0854. The molecule has 0 aromatic heterocycles. The Bertz CT molecular complexity index is 311. The van der Waals surface area contributed by atoms with E-state index < -0.39 is 0 Å². The van der Waals surface area contributed by atoms with Crippen molar-refractivity contribution in [3.05, 3.63) is 0 Å². The molecule has 108 valence electrons. The van der Waals surface area contributed by atoms with E-state index in [1.165, 1.54) is 44.9 Å². The molecule has 19 heavy (non-hydrogen) atoms. The highest BCUT2D eigenvalue weighted by atomic mass is 16.5. The quantitative estimate of drug-likeness (QED) is 0.795. The second kappa shape index (κ2) is 6.23. The first-order valence-electron chi connectivity index (χ1n) is 7.99. The van der Waals surface area contributed by atoms with Gasteiger partial charge in [0, 0.05) is 19.1 Å². The van der Waals surface area contributed by atoms with Crippen molar-refractivity contribution in [1.29, 1.82) is 0 Å². The Balaban J connectivity index is 1.34. The maximum Gasteiger partial charge on any atom is 0.239 e. The van der Waals surface area contributed by atoms with Gasteiger partial charge >= 0.3 is 0 Å². The summed E-state index contributed by atoms with van der Waals surface area (Å²) in [4.78, 5) is 14.1. The molecule has 3 rings (SSSR count). The van der Waals surface area contributed by atoms with E-state index in [0.717, 1.165) is 19.5 Å². The van der Waals surface area contributed by atoms with Crippen molar-refractivity contribution in [2.75, 3.05) is 19.7 Å². The number of carbonyl (C=O) groups excluding carboxylic acids is 1. The van der Waals surface area contributed by atoms with Crippen molar-refractivity contribution < 1.29 is 9.53 Å². The number of carbonyl (C=O) groups is 1. The first kappa shape index (κ1) is 13.4. The van der Waals surface area contributed by atoms with Gasteiger partial charge in [-0.1, -0.05) is 19.3 Å². The largest absolute Gasteiger partial charge is 0.376 e. The molecule has 1 heterocycles. The summed E-state index contributed by atoms with van der Waals surface area (Å²) in [6.07, 6.45) is 10.3. The molecule has 1 N–H and O–H groups in total. The zero-order valence-corrected chi connectivity index (χ0v) is 11.8. The number of amides is 1. The summed E-state index contributed by atoms with van der Waals surface area (Å²) in [5.41, 5.74) is 0. The molecular weight excluding hydrogens is 240 g/mol. The lowest BCUT2D eigenvalue weighted by Crippen LogP contribution is -2.40. The molecule has 1 amide bonds. The highest BCUT2D eigenvalue weighted by Gasteiger charge is 2.35. The van der Waals surface area contributed by atoms with Crippen LogP contribution in [0.5, 0.6) is 0 Å². The summed E-state index contributed by atoms with van der Waals surface area (Å²) in [6, 6.07) is 0.703. The van der Waals surface area contributed by atoms with E-state index in [4.69, 9.17) is 4.74 Å². The Kier molecular flexibility index (Phi) is 4.38. The van der Waals surface area contributed by atoms with Crippen molar-refractivity contribution >= 4 is 5.91 Å². The second-order valence-corrected chi connectivity index (χ2v) is 6.24. The van der Waals surface area contributed by atoms with Crippen LogP contribution in [0.4, 0.5) is 0 Å². The summed E-state index contributed by atoms with van der Waals surface area (Å²) >= 11 is 0. The summed E-state index contributed by atoms with van der Waals surface area (Å²) in [5.74, 6) is 0.291. The van der Waals surface area contributed by atoms with E-state index in [2.05, 4.69) is 5.32 Å². The lowest BCUT2D eigenvalue weighted by atomic mass is 9.98. The molecular formula is C15H26N2O2. The van der Waals surface area contributed by atoms with Crippen molar-refractivity contribution in [3.63, 3.8) is 0 Å². The van der Waals surface area contributed by atoms with E-state index in [1.807, 2.05) is 4.90 Å². The third-order valence-corrected chi connectivity index (χ3v) is 4.58. The fraction of sp³-hybridized carbons (Fsp3) is 0.933. The average Bonchev–Trinajstić information content (AvgIpc) is 3.19. The Morgan fingerprint density at radius 1 is 1.11 bits per heavy atom. The summed E-state index contributed by atoms with van der Waals surface area (Å²) in [5, 5.41) is 3.44. The van der Waals surface area contributed by atoms with E-state index in [9.17, 15) is 4.79 Å². The lowest BCUT2D eigenvalue weighted by Gasteiger charge is -2.24.